The van der Waals surface area contributed by atoms with E-state index in [1.807, 2.05) is 0 Å². The molecule has 1 aliphatic rings. The van der Waals surface area contributed by atoms with Crippen molar-refractivity contribution in [2.24, 2.45) is 23.7 Å². The SMILES string of the molecule is CC(C)[C@@H]1CC[C@@H](C)C[C@H]1OC(=O)C[C@@H](C)C(=O)c1ccc(C#N)c([N+](=O)[O-])c1. The fourth-order valence-corrected chi connectivity index (χ4v) is 4.02. The molecular formula is C22H28N2O5. The number of benzene rings is 1. The summed E-state index contributed by atoms with van der Waals surface area (Å²) in [5, 5.41) is 20.1. The molecular weight excluding hydrogens is 372 g/mol. The van der Waals surface area contributed by atoms with Gasteiger partial charge in [0.15, 0.2) is 5.78 Å². The van der Waals surface area contributed by atoms with Crippen LogP contribution in [0.3, 0.4) is 0 Å². The molecule has 2 rings (SSSR count). The molecule has 0 N–H and O–H groups in total. The average molecular weight is 400 g/mol. The molecule has 0 heterocycles. The summed E-state index contributed by atoms with van der Waals surface area (Å²) in [5.41, 5.74) is -0.406. The molecule has 0 spiro atoms. The van der Waals surface area contributed by atoms with Crippen LogP contribution in [0.1, 0.15) is 69.3 Å². The molecule has 7 nitrogen and oxygen atoms in total. The summed E-state index contributed by atoms with van der Waals surface area (Å²) in [7, 11) is 0. The van der Waals surface area contributed by atoms with E-state index >= 15 is 0 Å². The van der Waals surface area contributed by atoms with Gasteiger partial charge in [0.05, 0.1) is 11.3 Å². The minimum absolute atomic E-state index is 0.0810. The zero-order chi connectivity index (χ0) is 21.7. The number of carbonyl (C=O) groups is 2. The average Bonchev–Trinajstić information content (AvgIpc) is 2.66. The van der Waals surface area contributed by atoms with E-state index in [1.54, 1.807) is 13.0 Å². The van der Waals surface area contributed by atoms with Crippen LogP contribution in [0.5, 0.6) is 0 Å². The summed E-state index contributed by atoms with van der Waals surface area (Å²) in [6, 6.07) is 5.48. The molecule has 0 aliphatic heterocycles. The molecule has 0 amide bonds. The normalized spacial score (nSPS) is 22.6. The third kappa shape index (κ3) is 5.63. The predicted octanol–water partition coefficient (Wildman–Crippen LogP) is 4.68. The van der Waals surface area contributed by atoms with Crippen molar-refractivity contribution < 1.29 is 19.2 Å². The van der Waals surface area contributed by atoms with Gasteiger partial charge >= 0.3 is 5.97 Å². The maximum atomic E-state index is 12.7. The summed E-state index contributed by atoms with van der Waals surface area (Å²) in [6.07, 6.45) is 2.77. The highest BCUT2D eigenvalue weighted by Crippen LogP contribution is 2.35. The van der Waals surface area contributed by atoms with Gasteiger partial charge < -0.3 is 4.74 Å². The highest BCUT2D eigenvalue weighted by Gasteiger charge is 2.34. The van der Waals surface area contributed by atoms with E-state index in [2.05, 4.69) is 20.8 Å². The standard InChI is InChI=1S/C22H28N2O5/c1-13(2)18-8-5-14(3)9-20(18)29-21(25)10-15(4)22(26)16-6-7-17(12-23)19(11-16)24(27)28/h6-7,11,13-15,18,20H,5,8-10H2,1-4H3/t14-,15-,18+,20-/m1/s1. The summed E-state index contributed by atoms with van der Waals surface area (Å²) in [4.78, 5) is 35.6. The van der Waals surface area contributed by atoms with Crippen molar-refractivity contribution in [3.63, 3.8) is 0 Å². The number of nitro benzene ring substituents is 1. The topological polar surface area (TPSA) is 110 Å². The number of nitrogens with zero attached hydrogens (tertiary/aromatic N) is 2. The molecule has 0 unspecified atom stereocenters. The lowest BCUT2D eigenvalue weighted by molar-refractivity contribution is -0.385. The number of carbonyl (C=O) groups excluding carboxylic acids is 2. The molecule has 0 radical (unpaired) electrons. The number of ether oxygens (including phenoxy) is 1. The summed E-state index contributed by atoms with van der Waals surface area (Å²) in [5.74, 6) is -0.235. The third-order valence-electron chi connectivity index (χ3n) is 5.76. The van der Waals surface area contributed by atoms with Crippen LogP contribution < -0.4 is 0 Å². The highest BCUT2D eigenvalue weighted by molar-refractivity contribution is 6.00. The molecule has 7 heteroatoms. The van der Waals surface area contributed by atoms with Crippen LogP contribution in [-0.4, -0.2) is 22.8 Å². The zero-order valence-electron chi connectivity index (χ0n) is 17.4. The highest BCUT2D eigenvalue weighted by atomic mass is 16.6. The molecule has 0 saturated heterocycles. The van der Waals surface area contributed by atoms with Crippen molar-refractivity contribution in [2.45, 2.75) is 59.5 Å². The Hall–Kier alpha value is -2.75. The molecule has 29 heavy (non-hydrogen) atoms. The monoisotopic (exact) mass is 400 g/mol. The van der Waals surface area contributed by atoms with Gasteiger partial charge in [-0.25, -0.2) is 0 Å². The van der Waals surface area contributed by atoms with E-state index in [0.29, 0.717) is 17.8 Å². The van der Waals surface area contributed by atoms with Crippen LogP contribution in [0.25, 0.3) is 0 Å². The van der Waals surface area contributed by atoms with Gasteiger partial charge in [0.1, 0.15) is 17.7 Å². The van der Waals surface area contributed by atoms with Gasteiger partial charge in [0.2, 0.25) is 0 Å². The Morgan fingerprint density at radius 1 is 1.31 bits per heavy atom. The fraction of sp³-hybridized carbons (Fsp3) is 0.591. The number of nitriles is 1. The second-order valence-electron chi connectivity index (χ2n) is 8.42. The second kappa shape index (κ2) is 9.64. The van der Waals surface area contributed by atoms with Crippen molar-refractivity contribution in [2.75, 3.05) is 0 Å². The number of rotatable bonds is 7. The summed E-state index contributed by atoms with van der Waals surface area (Å²) >= 11 is 0. The molecule has 0 aromatic heterocycles. The van der Waals surface area contributed by atoms with Crippen LogP contribution in [0, 0.1) is 45.1 Å². The smallest absolute Gasteiger partial charge is 0.306 e. The largest absolute Gasteiger partial charge is 0.462 e. The van der Waals surface area contributed by atoms with Crippen LogP contribution in [0.2, 0.25) is 0 Å². The van der Waals surface area contributed by atoms with E-state index in [4.69, 9.17) is 10.00 Å². The van der Waals surface area contributed by atoms with Crippen molar-refractivity contribution in [1.82, 2.24) is 0 Å². The first-order chi connectivity index (χ1) is 13.6. The van der Waals surface area contributed by atoms with Gasteiger partial charge in [-0.05, 0) is 42.7 Å². The van der Waals surface area contributed by atoms with E-state index in [0.717, 1.165) is 25.3 Å². The Morgan fingerprint density at radius 2 is 2.00 bits per heavy atom. The maximum absolute atomic E-state index is 12.7. The Labute approximate surface area is 171 Å². The minimum Gasteiger partial charge on any atom is -0.462 e. The molecule has 156 valence electrons. The van der Waals surface area contributed by atoms with E-state index in [9.17, 15) is 19.7 Å². The lowest BCUT2D eigenvalue weighted by Gasteiger charge is -2.36. The Bertz CT molecular complexity index is 827. The second-order valence-corrected chi connectivity index (χ2v) is 8.42. The molecule has 0 bridgehead atoms. The number of hydrogen-bond donors (Lipinski definition) is 0. The van der Waals surface area contributed by atoms with Crippen LogP contribution in [-0.2, 0) is 9.53 Å². The molecule has 1 fully saturated rings. The van der Waals surface area contributed by atoms with Crippen LogP contribution >= 0.6 is 0 Å². The summed E-state index contributed by atoms with van der Waals surface area (Å²) in [6.45, 7) is 8.02. The third-order valence-corrected chi connectivity index (χ3v) is 5.76. The quantitative estimate of drug-likeness (QED) is 0.284. The summed E-state index contributed by atoms with van der Waals surface area (Å²) < 4.78 is 5.75. The van der Waals surface area contributed by atoms with Gasteiger partial charge in [-0.15, -0.1) is 0 Å². The number of esters is 1. The van der Waals surface area contributed by atoms with Crippen LogP contribution in [0.15, 0.2) is 18.2 Å². The number of Topliss-reactive ketones (excluding diaryl/α,β-unsaturated/α-hetero) is 1. The van der Waals surface area contributed by atoms with Crippen LogP contribution in [0.4, 0.5) is 5.69 Å². The Kier molecular flexibility index (Phi) is 7.49. The Balaban J connectivity index is 2.05. The molecule has 4 atom stereocenters. The van der Waals surface area contributed by atoms with E-state index in [-0.39, 0.29) is 29.4 Å². The fourth-order valence-electron chi connectivity index (χ4n) is 4.02. The lowest BCUT2D eigenvalue weighted by atomic mass is 9.75. The number of nitro groups is 1. The first kappa shape index (κ1) is 22.5. The molecule has 1 saturated carbocycles. The number of hydrogen-bond acceptors (Lipinski definition) is 6. The van der Waals surface area contributed by atoms with Crippen molar-refractivity contribution >= 4 is 17.4 Å². The minimum atomic E-state index is -0.690. The first-order valence-corrected chi connectivity index (χ1v) is 10.1. The van der Waals surface area contributed by atoms with E-state index < -0.39 is 22.5 Å². The maximum Gasteiger partial charge on any atom is 0.306 e. The van der Waals surface area contributed by atoms with Gasteiger partial charge in [-0.3, -0.25) is 19.7 Å². The predicted molar refractivity (Wildman–Crippen MR) is 107 cm³/mol. The number of ketones is 1. The first-order valence-electron chi connectivity index (χ1n) is 10.1. The van der Waals surface area contributed by atoms with Crippen molar-refractivity contribution in [3.05, 3.63) is 39.4 Å². The van der Waals surface area contributed by atoms with Gasteiger partial charge in [-0.2, -0.15) is 5.26 Å². The van der Waals surface area contributed by atoms with Gasteiger partial charge in [0.25, 0.3) is 5.69 Å². The van der Waals surface area contributed by atoms with Crippen molar-refractivity contribution in [1.29, 1.82) is 5.26 Å². The molecule has 1 aliphatic carbocycles. The van der Waals surface area contributed by atoms with Gasteiger partial charge in [-0.1, -0.05) is 34.1 Å². The lowest BCUT2D eigenvalue weighted by Crippen LogP contribution is -2.36. The van der Waals surface area contributed by atoms with Crippen molar-refractivity contribution in [3.8, 4) is 6.07 Å². The van der Waals surface area contributed by atoms with E-state index in [1.165, 1.54) is 12.1 Å². The zero-order valence-corrected chi connectivity index (χ0v) is 17.4. The Morgan fingerprint density at radius 3 is 2.59 bits per heavy atom. The van der Waals surface area contributed by atoms with Gasteiger partial charge in [0, 0.05) is 17.5 Å². The molecule has 1 aromatic rings. The molecule has 1 aromatic carbocycles.